The fraction of sp³-hybridized carbons (Fsp3) is 0.939. The first-order valence-electron chi connectivity index (χ1n) is 47.1. The fourth-order valence-corrected chi connectivity index (χ4v) is 18.9. The maximum absolute atomic E-state index is 13.4. The van der Waals surface area contributed by atoms with Gasteiger partial charge in [0.1, 0.15) is 287 Å². The molecule has 0 aliphatic carbocycles. The number of nitrogens with one attached hydrogen (secondary N) is 5. The Morgan fingerprint density at radius 2 is 0.466 bits per heavy atom. The molecule has 11 rings (SSSR count). The van der Waals surface area contributed by atoms with Crippen LogP contribution < -0.4 is 26.6 Å². The molecule has 0 unspecified atom stereocenters. The van der Waals surface area contributed by atoms with Crippen molar-refractivity contribution in [1.29, 1.82) is 0 Å². The van der Waals surface area contributed by atoms with Crippen molar-refractivity contribution in [3.8, 4) is 0 Å². The fourth-order valence-electron chi connectivity index (χ4n) is 18.9. The maximum atomic E-state index is 13.4. The minimum absolute atomic E-state index is 0.854. The van der Waals surface area contributed by atoms with Gasteiger partial charge >= 0.3 is 0 Å². The molecule has 11 aliphatic rings. The Morgan fingerprint density at radius 1 is 0.230 bits per heavy atom. The molecule has 0 spiro atoms. The Bertz CT molecular complexity index is 4070. The van der Waals surface area contributed by atoms with Gasteiger partial charge in [0.25, 0.3) is 0 Å². The molecule has 66 heteroatoms. The van der Waals surface area contributed by atoms with Crippen molar-refractivity contribution < 1.29 is 302 Å². The molecule has 66 nitrogen and oxygen atoms in total. The Labute approximate surface area is 837 Å². The molecular weight excluding hydrogens is 2030 g/mol. The average molecular weight is 2170 g/mol. The van der Waals surface area contributed by atoms with Gasteiger partial charge < -0.3 is 304 Å². The normalized spacial score (nSPS) is 47.1. The Hall–Kier alpha value is -4.89. The van der Waals surface area contributed by atoms with Crippen LogP contribution in [0.2, 0.25) is 0 Å². The van der Waals surface area contributed by atoms with E-state index >= 15 is 0 Å². The van der Waals surface area contributed by atoms with Gasteiger partial charge in [0, 0.05) is 34.6 Å². The highest BCUT2D eigenvalue weighted by Gasteiger charge is 2.64. The summed E-state index contributed by atoms with van der Waals surface area (Å²) in [4.78, 5) is 64.8. The van der Waals surface area contributed by atoms with Crippen molar-refractivity contribution in [2.24, 2.45) is 0 Å². The molecule has 858 valence electrons. The summed E-state index contributed by atoms with van der Waals surface area (Å²) in [7, 11) is 0. The number of carbonyl (C=O) groups is 5. The Balaban J connectivity index is 0.895. The first-order valence-corrected chi connectivity index (χ1v) is 47.1. The van der Waals surface area contributed by atoms with Crippen LogP contribution in [0.5, 0.6) is 0 Å². The second-order valence-corrected chi connectivity index (χ2v) is 37.1. The van der Waals surface area contributed by atoms with Gasteiger partial charge in [0.05, 0.1) is 91.9 Å². The van der Waals surface area contributed by atoms with Gasteiger partial charge in [-0.1, -0.05) is 0 Å². The van der Waals surface area contributed by atoms with Crippen LogP contribution in [0.3, 0.4) is 0 Å². The number of hydrogen-bond donors (Lipinski definition) is 39. The summed E-state index contributed by atoms with van der Waals surface area (Å²) in [6.07, 6.45) is -118. The molecule has 0 aromatic heterocycles. The number of aliphatic hydroxyl groups is 34. The van der Waals surface area contributed by atoms with Crippen LogP contribution in [0.1, 0.15) is 34.6 Å². The van der Waals surface area contributed by atoms with Crippen LogP contribution in [0, 0.1) is 0 Å². The van der Waals surface area contributed by atoms with Crippen molar-refractivity contribution in [2.75, 3.05) is 85.9 Å². The zero-order valence-electron chi connectivity index (χ0n) is 79.5. The molecule has 11 fully saturated rings. The second kappa shape index (κ2) is 54.9. The van der Waals surface area contributed by atoms with Crippen LogP contribution in [-0.4, -0.2) is 651 Å². The summed E-state index contributed by atoms with van der Waals surface area (Å²) < 4.78 is 131. The van der Waals surface area contributed by atoms with E-state index in [0.717, 1.165) is 34.6 Å². The molecule has 0 saturated carbocycles. The van der Waals surface area contributed by atoms with E-state index < -0.39 is 477 Å². The molecule has 0 bridgehead atoms. The van der Waals surface area contributed by atoms with E-state index in [1.54, 1.807) is 0 Å². The van der Waals surface area contributed by atoms with E-state index in [9.17, 15) is 198 Å². The highest BCUT2D eigenvalue weighted by atomic mass is 16.8. The lowest BCUT2D eigenvalue weighted by molar-refractivity contribution is -0.400. The van der Waals surface area contributed by atoms with Crippen LogP contribution >= 0.6 is 0 Å². The summed E-state index contributed by atoms with van der Waals surface area (Å²) in [5.41, 5.74) is 0. The third-order valence-corrected chi connectivity index (χ3v) is 26.8. The zero-order chi connectivity index (χ0) is 109. The van der Waals surface area contributed by atoms with E-state index in [1.807, 2.05) is 0 Å². The number of carbonyl (C=O) groups excluding carboxylic acids is 5. The van der Waals surface area contributed by atoms with E-state index in [-0.39, 0.29) is 0 Å². The molecule has 0 radical (unpaired) electrons. The van der Waals surface area contributed by atoms with Crippen LogP contribution in [0.25, 0.3) is 0 Å². The van der Waals surface area contributed by atoms with Gasteiger partial charge in [-0.3, -0.25) is 24.0 Å². The third kappa shape index (κ3) is 27.7. The minimum atomic E-state index is -2.72. The molecule has 11 heterocycles. The molecular formula is C82H139N5O61. The predicted octanol–water partition coefficient (Wildman–Crippen LogP) is -26.8. The van der Waals surface area contributed by atoms with E-state index in [1.165, 1.54) is 0 Å². The molecule has 148 heavy (non-hydrogen) atoms. The summed E-state index contributed by atoms with van der Waals surface area (Å²) >= 11 is 0. The third-order valence-electron chi connectivity index (χ3n) is 26.8. The monoisotopic (exact) mass is 2170 g/mol. The molecule has 59 atom stereocenters. The Kier molecular flexibility index (Phi) is 45.7. The van der Waals surface area contributed by atoms with Gasteiger partial charge in [0.2, 0.25) is 29.5 Å². The molecule has 11 saturated heterocycles. The minimum Gasteiger partial charge on any atom is -0.394 e. The number of amides is 5. The molecule has 0 aromatic rings. The van der Waals surface area contributed by atoms with E-state index in [2.05, 4.69) is 26.6 Å². The first-order chi connectivity index (χ1) is 70.1. The lowest BCUT2D eigenvalue weighted by Gasteiger charge is -2.51. The molecule has 39 N–H and O–H groups in total. The number of ether oxygens (including phenoxy) is 22. The number of hydrogen-bond acceptors (Lipinski definition) is 61. The lowest BCUT2D eigenvalue weighted by atomic mass is 9.93. The summed E-state index contributed by atoms with van der Waals surface area (Å²) in [5, 5.41) is 393. The van der Waals surface area contributed by atoms with Crippen molar-refractivity contribution in [3.05, 3.63) is 0 Å². The maximum Gasteiger partial charge on any atom is 0.217 e. The van der Waals surface area contributed by atoms with Gasteiger partial charge in [-0.05, 0) is 0 Å². The van der Waals surface area contributed by atoms with Gasteiger partial charge in [-0.25, -0.2) is 0 Å². The number of aliphatic hydroxyl groups excluding tert-OH is 34. The van der Waals surface area contributed by atoms with E-state index in [4.69, 9.17) is 104 Å². The van der Waals surface area contributed by atoms with Crippen LogP contribution in [0.15, 0.2) is 0 Å². The van der Waals surface area contributed by atoms with Crippen molar-refractivity contribution in [3.63, 3.8) is 0 Å². The summed E-state index contributed by atoms with van der Waals surface area (Å²) in [6.45, 7) is -10.8. The molecule has 11 aliphatic heterocycles. The highest BCUT2D eigenvalue weighted by molar-refractivity contribution is 5.75. The largest absolute Gasteiger partial charge is 0.394 e. The quantitative estimate of drug-likeness (QED) is 0.0270. The van der Waals surface area contributed by atoms with Crippen LogP contribution in [-0.2, 0) is 128 Å². The standard InChI is InChI=1S/C82H139N5O61/c1-19(100)83-24(6-88)41(106)62(25(105)7-89)139-72-37(84-20(2)101)49(114)66(33(15-97)134-72)143-80-61(126)69(48(113)36(138-80)18-127-81-70(55(120)44(109)28(10-92)132-81)147-74-39(86-22(4)103)51(116)64(34(16-98)136-74)142-79-60(125)68(47(112)31(13-95)131-79)145-77-58(123)54(119)43(108)27(9-91)129-77)146-82-71(56(121)45(110)29(11-93)133-82)148-75-40(87-23(5)104)52(117)65(35(17-99)137-75)141-78-59(124)67(46(111)30(12-94)130-78)144-73-38(85-21(3)102)50(115)63(32(14-96)135-73)140-76-57(122)53(118)42(107)26(8-90)128-76/h24-82,88-99,105-126H,6-18H2,1-5H3,(H,83,100)(H,84,101)(H,85,102)(H,86,103)(H,87,104)/t24-,25+,26+,27+,28+,29+,30+,31+,32+,33+,34+,35+,36+,37+,38+,39+,40+,41+,42-,43-,44+,45+,46-,47-,48+,49+,50+,51+,52+,53-,54-,55-,56-,57-,58+,59+,60+,61-,62+,63+,64+,65+,66+,67-,68-,69-,70-,71-,72-,73-,74-,75-,76-,77-,78-,79-,80-,81-,82+/m0/s1. The lowest BCUT2D eigenvalue weighted by Crippen LogP contribution is -2.71. The summed E-state index contributed by atoms with van der Waals surface area (Å²) in [5.74, 6) is -4.94. The average Bonchev–Trinajstić information content (AvgIpc) is 0.765. The second-order valence-electron chi connectivity index (χ2n) is 37.1. The van der Waals surface area contributed by atoms with Gasteiger partial charge in [-0.15, -0.1) is 0 Å². The SMILES string of the molecule is CC(=O)N[C@H]1[C@H](O[C@H]2[C@@H](O)[C@@H](CO)O[C@@H](O[C@H]3[C@H](O)[C@@H](NC(C)=O)[C@H](O[C@@H]4[C@@H](O[C@@H]5[C@H](O)[C@H](O[C@H]6[C@H](O)[C@@H](NC(C)=O)[C@H](O[C@@H]([C@H](O)[C@H](CO)NC(C)=O)[C@H](O)CO)O[C@@H]6CO)O[C@H](CO[C@H]6O[C@H](CO)[C@@H](O)[C@H](O)[C@@H]6O[C@@H]6O[C@H](CO)[C@@H](O[C@@H]7O[C@H](CO)[C@H](O)[C@H](O[C@@H]8O[C@H](CO)[C@H](O)[C@H](O)[C@H]8O)[C@H]7O)[C@H](O)[C@H]6NC(C)=O)[C@H]5O)O[C@H](CO)[C@@H](O)[C@@H]4O)O[C@@H]3CO)[C@@H]2O)O[C@H](CO)[C@@H](O[C@@H]2O[C@H](CO)[C@H](O)[C@H](O)[C@@H]2O)[C@@H]1O. The molecule has 5 amide bonds. The number of rotatable bonds is 43. The van der Waals surface area contributed by atoms with Crippen molar-refractivity contribution >= 4 is 29.5 Å². The summed E-state index contributed by atoms with van der Waals surface area (Å²) in [6, 6.07) is -9.90. The topological polar surface area (TPSA) is 1040 Å². The smallest absolute Gasteiger partial charge is 0.217 e. The van der Waals surface area contributed by atoms with E-state index in [0.29, 0.717) is 0 Å². The first kappa shape index (κ1) is 123. The van der Waals surface area contributed by atoms with Gasteiger partial charge in [0.15, 0.2) is 69.2 Å². The van der Waals surface area contributed by atoms with Crippen molar-refractivity contribution in [1.82, 2.24) is 26.6 Å². The highest BCUT2D eigenvalue weighted by Crippen LogP contribution is 2.43. The van der Waals surface area contributed by atoms with Gasteiger partial charge in [-0.2, -0.15) is 0 Å². The predicted molar refractivity (Wildman–Crippen MR) is 455 cm³/mol. The van der Waals surface area contributed by atoms with Crippen molar-refractivity contribution in [2.45, 2.75) is 396 Å². The van der Waals surface area contributed by atoms with Crippen LogP contribution in [0.4, 0.5) is 0 Å². The Morgan fingerprint density at radius 3 is 0.770 bits per heavy atom. The zero-order valence-corrected chi connectivity index (χ0v) is 79.5. The molecule has 0 aromatic carbocycles.